The van der Waals surface area contributed by atoms with E-state index >= 15 is 0 Å². The summed E-state index contributed by atoms with van der Waals surface area (Å²) in [5.74, 6) is 0. The minimum atomic E-state index is -0.0321. The molecule has 0 radical (unpaired) electrons. The van der Waals surface area contributed by atoms with Crippen molar-refractivity contribution in [3.05, 3.63) is 204 Å². The Labute approximate surface area is 296 Å². The first-order chi connectivity index (χ1) is 25.2. The molecule has 0 N–H and O–H groups in total. The Morgan fingerprint density at radius 3 is 0.824 bits per heavy atom. The molecule has 9 aromatic rings. The van der Waals surface area contributed by atoms with Crippen LogP contribution in [-0.2, 0) is 0 Å². The van der Waals surface area contributed by atoms with Gasteiger partial charge in [-0.25, -0.2) is 0 Å². The summed E-state index contributed by atoms with van der Waals surface area (Å²) < 4.78 is 6.61. The Morgan fingerprint density at radius 2 is 0.529 bits per heavy atom. The van der Waals surface area contributed by atoms with Crippen molar-refractivity contribution in [3.8, 4) is 66.8 Å². The topological polar surface area (TPSA) is 30.2 Å². The smallest absolute Gasteiger partial charge is 0.200 e. The van der Waals surface area contributed by atoms with Gasteiger partial charge in [0.15, 0.2) is 0 Å². The van der Waals surface area contributed by atoms with Crippen molar-refractivity contribution in [1.82, 2.24) is 0 Å². The first kappa shape index (κ1) is 30.3. The van der Waals surface area contributed by atoms with Crippen molar-refractivity contribution < 1.29 is 4.42 Å². The quantitative estimate of drug-likeness (QED) is 0.167. The molecule has 2 nitrogen and oxygen atoms in total. The first-order valence-corrected chi connectivity index (χ1v) is 17.2. The standard InChI is InChI=1S/C49H32O2/c50-49-45-23-21-37(43-27-39(33-13-5-1-6-14-33)25-40(28-43)34-15-7-2-8-16-34)31-47(45)51-48-32-38(22-24-46(48)49)44-29-41(35-17-9-3-10-18-35)26-42(30-44)36-19-11-4-12-20-36/h1-32H. The molecule has 0 spiro atoms. The molecule has 0 aliphatic heterocycles. The van der Waals surface area contributed by atoms with Gasteiger partial charge >= 0.3 is 0 Å². The molecule has 0 amide bonds. The van der Waals surface area contributed by atoms with Gasteiger partial charge in [-0.1, -0.05) is 133 Å². The maximum atomic E-state index is 13.9. The van der Waals surface area contributed by atoms with E-state index in [0.29, 0.717) is 21.9 Å². The highest BCUT2D eigenvalue weighted by Crippen LogP contribution is 2.36. The lowest BCUT2D eigenvalue weighted by Gasteiger charge is -2.13. The van der Waals surface area contributed by atoms with Gasteiger partial charge in [0.1, 0.15) is 11.2 Å². The summed E-state index contributed by atoms with van der Waals surface area (Å²) in [6.45, 7) is 0. The van der Waals surface area contributed by atoms with E-state index in [1.807, 2.05) is 60.7 Å². The normalized spacial score (nSPS) is 11.2. The Bertz CT molecular complexity index is 2430. The number of hydrogen-bond donors (Lipinski definition) is 0. The van der Waals surface area contributed by atoms with E-state index in [0.717, 1.165) is 66.8 Å². The molecule has 1 aromatic heterocycles. The molecule has 0 bridgehead atoms. The first-order valence-electron chi connectivity index (χ1n) is 17.2. The van der Waals surface area contributed by atoms with Crippen molar-refractivity contribution in [2.75, 3.05) is 0 Å². The molecule has 51 heavy (non-hydrogen) atoms. The second-order valence-electron chi connectivity index (χ2n) is 12.9. The Morgan fingerprint density at radius 1 is 0.255 bits per heavy atom. The lowest BCUT2D eigenvalue weighted by atomic mass is 9.92. The van der Waals surface area contributed by atoms with Gasteiger partial charge in [-0.3, -0.25) is 4.79 Å². The van der Waals surface area contributed by atoms with E-state index in [-0.39, 0.29) is 5.43 Å². The van der Waals surface area contributed by atoms with Crippen LogP contribution >= 0.6 is 0 Å². The monoisotopic (exact) mass is 652 g/mol. The number of hydrogen-bond acceptors (Lipinski definition) is 2. The van der Waals surface area contributed by atoms with Crippen LogP contribution < -0.4 is 5.43 Å². The van der Waals surface area contributed by atoms with Crippen LogP contribution in [0.2, 0.25) is 0 Å². The molecular formula is C49H32O2. The van der Waals surface area contributed by atoms with E-state index in [9.17, 15) is 4.79 Å². The summed E-state index contributed by atoms with van der Waals surface area (Å²) >= 11 is 0. The van der Waals surface area contributed by atoms with Crippen LogP contribution in [0.15, 0.2) is 203 Å². The van der Waals surface area contributed by atoms with E-state index < -0.39 is 0 Å². The molecule has 0 saturated carbocycles. The van der Waals surface area contributed by atoms with Crippen LogP contribution in [0.5, 0.6) is 0 Å². The Kier molecular flexibility index (Phi) is 7.68. The highest BCUT2D eigenvalue weighted by Gasteiger charge is 2.14. The molecule has 8 aromatic carbocycles. The number of fused-ring (bicyclic) bond motifs is 2. The molecule has 0 atom stereocenters. The van der Waals surface area contributed by atoms with Gasteiger partial charge in [0.05, 0.1) is 10.8 Å². The largest absolute Gasteiger partial charge is 0.456 e. The molecule has 0 unspecified atom stereocenters. The van der Waals surface area contributed by atoms with E-state index in [1.54, 1.807) is 0 Å². The van der Waals surface area contributed by atoms with Crippen molar-refractivity contribution in [3.63, 3.8) is 0 Å². The molecule has 0 aliphatic rings. The van der Waals surface area contributed by atoms with Crippen LogP contribution in [0.1, 0.15) is 0 Å². The second-order valence-corrected chi connectivity index (χ2v) is 12.9. The average Bonchev–Trinajstić information content (AvgIpc) is 3.21. The van der Waals surface area contributed by atoms with Crippen molar-refractivity contribution in [1.29, 1.82) is 0 Å². The molecule has 9 rings (SSSR count). The van der Waals surface area contributed by atoms with Gasteiger partial charge in [0, 0.05) is 0 Å². The number of benzene rings is 8. The summed E-state index contributed by atoms with van der Waals surface area (Å²) in [5.41, 5.74) is 14.3. The number of rotatable bonds is 6. The highest BCUT2D eigenvalue weighted by atomic mass is 16.3. The summed E-state index contributed by atoms with van der Waals surface area (Å²) in [4.78, 5) is 13.9. The fraction of sp³-hybridized carbons (Fsp3) is 0. The zero-order valence-corrected chi connectivity index (χ0v) is 27.8. The summed E-state index contributed by atoms with van der Waals surface area (Å²) in [7, 11) is 0. The highest BCUT2D eigenvalue weighted by molar-refractivity contribution is 5.95. The van der Waals surface area contributed by atoms with Gasteiger partial charge in [-0.2, -0.15) is 0 Å². The lowest BCUT2D eigenvalue weighted by Crippen LogP contribution is -2.02. The third-order valence-corrected chi connectivity index (χ3v) is 9.63. The minimum absolute atomic E-state index is 0.0321. The average molecular weight is 653 g/mol. The third-order valence-electron chi connectivity index (χ3n) is 9.63. The van der Waals surface area contributed by atoms with Crippen LogP contribution in [0.3, 0.4) is 0 Å². The maximum absolute atomic E-state index is 13.9. The zero-order chi connectivity index (χ0) is 34.1. The van der Waals surface area contributed by atoms with Crippen LogP contribution in [0, 0.1) is 0 Å². The SMILES string of the molecule is O=c1c2ccc(-c3cc(-c4ccccc4)cc(-c4ccccc4)c3)cc2oc2cc(-c3cc(-c4ccccc4)cc(-c4ccccc4)c3)ccc12. The van der Waals surface area contributed by atoms with Gasteiger partial charge in [-0.15, -0.1) is 0 Å². The Balaban J connectivity index is 1.18. The molecule has 0 saturated heterocycles. The van der Waals surface area contributed by atoms with Gasteiger partial charge in [-0.05, 0) is 127 Å². The van der Waals surface area contributed by atoms with Crippen LogP contribution in [-0.4, -0.2) is 0 Å². The van der Waals surface area contributed by atoms with Crippen molar-refractivity contribution in [2.24, 2.45) is 0 Å². The molecule has 240 valence electrons. The van der Waals surface area contributed by atoms with E-state index in [1.165, 1.54) is 0 Å². The van der Waals surface area contributed by atoms with Crippen molar-refractivity contribution in [2.45, 2.75) is 0 Å². The van der Waals surface area contributed by atoms with Gasteiger partial charge < -0.3 is 4.42 Å². The summed E-state index contributed by atoms with van der Waals surface area (Å²) in [6.07, 6.45) is 0. The van der Waals surface area contributed by atoms with Crippen molar-refractivity contribution >= 4 is 21.9 Å². The minimum Gasteiger partial charge on any atom is -0.456 e. The third kappa shape index (κ3) is 5.94. The molecule has 2 heteroatoms. The predicted molar refractivity (Wildman–Crippen MR) is 213 cm³/mol. The second kappa shape index (κ2) is 12.9. The van der Waals surface area contributed by atoms with Gasteiger partial charge in [0.25, 0.3) is 0 Å². The fourth-order valence-corrected chi connectivity index (χ4v) is 6.99. The summed E-state index contributed by atoms with van der Waals surface area (Å²) in [6, 6.07) is 66.9. The maximum Gasteiger partial charge on any atom is 0.200 e. The predicted octanol–water partition coefficient (Wildman–Crippen LogP) is 12.9. The lowest BCUT2D eigenvalue weighted by molar-refractivity contribution is 0.660. The zero-order valence-electron chi connectivity index (χ0n) is 27.8. The molecular weight excluding hydrogens is 621 g/mol. The van der Waals surface area contributed by atoms with Crippen LogP contribution in [0.25, 0.3) is 88.7 Å². The van der Waals surface area contributed by atoms with Gasteiger partial charge in [0.2, 0.25) is 5.43 Å². The van der Waals surface area contributed by atoms with Crippen LogP contribution in [0.4, 0.5) is 0 Å². The molecule has 0 fully saturated rings. The van der Waals surface area contributed by atoms with E-state index in [4.69, 9.17) is 4.42 Å². The fourth-order valence-electron chi connectivity index (χ4n) is 6.99. The summed E-state index contributed by atoms with van der Waals surface area (Å²) in [5, 5.41) is 1.14. The molecule has 0 aliphatic carbocycles. The Hall–Kier alpha value is -6.77. The molecule has 1 heterocycles. The van der Waals surface area contributed by atoms with E-state index in [2.05, 4.69) is 133 Å².